The molecule has 0 aliphatic rings. The fourth-order valence-corrected chi connectivity index (χ4v) is 3.97. The van der Waals surface area contributed by atoms with Crippen LogP contribution in [0, 0.1) is 6.92 Å². The highest BCUT2D eigenvalue weighted by Gasteiger charge is 2.15. The van der Waals surface area contributed by atoms with Crippen LogP contribution in [0.25, 0.3) is 33.3 Å². The lowest BCUT2D eigenvalue weighted by molar-refractivity contribution is 0.0975. The lowest BCUT2D eigenvalue weighted by atomic mass is 10.1. The highest BCUT2D eigenvalue weighted by molar-refractivity contribution is 7.80. The Bertz CT molecular complexity index is 1540. The Balaban J connectivity index is 1.29. The van der Waals surface area contributed by atoms with Crippen molar-refractivity contribution in [3.63, 3.8) is 0 Å². The predicted octanol–water partition coefficient (Wildman–Crippen LogP) is 6.09. The van der Waals surface area contributed by atoms with Gasteiger partial charge in [0.15, 0.2) is 10.7 Å². The number of anilines is 1. The van der Waals surface area contributed by atoms with Gasteiger partial charge in [0.25, 0.3) is 5.91 Å². The van der Waals surface area contributed by atoms with Gasteiger partial charge in [-0.1, -0.05) is 30.3 Å². The van der Waals surface area contributed by atoms with Crippen LogP contribution in [0.2, 0.25) is 0 Å². The number of aromatic nitrogens is 1. The Hall–Kier alpha value is -4.23. The normalized spacial score (nSPS) is 10.9. The number of benzene rings is 4. The predicted molar refractivity (Wildman–Crippen MR) is 138 cm³/mol. The van der Waals surface area contributed by atoms with Crippen molar-refractivity contribution in [3.05, 3.63) is 90.0 Å². The van der Waals surface area contributed by atoms with E-state index in [2.05, 4.69) is 15.6 Å². The van der Waals surface area contributed by atoms with Crippen LogP contribution in [0.5, 0.6) is 5.75 Å². The van der Waals surface area contributed by atoms with E-state index in [0.717, 1.165) is 38.7 Å². The van der Waals surface area contributed by atoms with Crippen molar-refractivity contribution >= 4 is 50.8 Å². The number of nitrogens with zero attached hydrogens (tertiary/aromatic N) is 1. The van der Waals surface area contributed by atoms with Gasteiger partial charge < -0.3 is 14.5 Å². The summed E-state index contributed by atoms with van der Waals surface area (Å²) in [5.74, 6) is 0.682. The molecule has 1 heterocycles. The van der Waals surface area contributed by atoms with Gasteiger partial charge in [-0.15, -0.1) is 0 Å². The molecule has 7 heteroatoms. The van der Waals surface area contributed by atoms with Crippen molar-refractivity contribution in [1.82, 2.24) is 10.3 Å². The van der Waals surface area contributed by atoms with Crippen LogP contribution in [0.4, 0.5) is 5.69 Å². The number of thiocarbonyl (C=S) groups is 1. The van der Waals surface area contributed by atoms with Crippen LogP contribution in [0.3, 0.4) is 0 Å². The topological polar surface area (TPSA) is 76.4 Å². The van der Waals surface area contributed by atoms with Crippen LogP contribution in [-0.2, 0) is 0 Å². The largest absolute Gasteiger partial charge is 0.496 e. The molecule has 2 N–H and O–H groups in total. The first-order valence-electron chi connectivity index (χ1n) is 10.7. The number of ether oxygens (including phenoxy) is 1. The number of rotatable bonds is 4. The molecule has 0 aliphatic carbocycles. The second kappa shape index (κ2) is 8.96. The lowest BCUT2D eigenvalue weighted by Gasteiger charge is -2.13. The molecule has 0 saturated carbocycles. The number of nitrogens with one attached hydrogen (secondary N) is 2. The van der Waals surface area contributed by atoms with E-state index >= 15 is 0 Å². The van der Waals surface area contributed by atoms with Gasteiger partial charge >= 0.3 is 0 Å². The van der Waals surface area contributed by atoms with Gasteiger partial charge in [0.05, 0.1) is 12.7 Å². The second-order valence-corrected chi connectivity index (χ2v) is 8.28. The van der Waals surface area contributed by atoms with Crippen LogP contribution < -0.4 is 15.4 Å². The second-order valence-electron chi connectivity index (χ2n) is 7.88. The van der Waals surface area contributed by atoms with Gasteiger partial charge in [0.1, 0.15) is 11.3 Å². The maximum absolute atomic E-state index is 12.9. The molecule has 0 unspecified atom stereocenters. The molecule has 168 valence electrons. The van der Waals surface area contributed by atoms with Crippen LogP contribution >= 0.6 is 12.2 Å². The zero-order valence-corrected chi connectivity index (χ0v) is 19.4. The quantitative estimate of drug-likeness (QED) is 0.312. The number of carbonyl (C=O) groups is 1. The fourth-order valence-electron chi connectivity index (χ4n) is 3.76. The Morgan fingerprint density at radius 2 is 1.71 bits per heavy atom. The Kier molecular flexibility index (Phi) is 5.69. The molecule has 0 fully saturated rings. The molecule has 0 spiro atoms. The van der Waals surface area contributed by atoms with Crippen molar-refractivity contribution in [3.8, 4) is 17.2 Å². The van der Waals surface area contributed by atoms with Gasteiger partial charge in [0.2, 0.25) is 5.89 Å². The average molecular weight is 468 g/mol. The summed E-state index contributed by atoms with van der Waals surface area (Å²) in [5.41, 5.74) is 4.68. The van der Waals surface area contributed by atoms with Crippen LogP contribution in [0.15, 0.2) is 83.3 Å². The minimum Gasteiger partial charge on any atom is -0.496 e. The molecular formula is C27H21N3O3S. The average Bonchev–Trinajstić information content (AvgIpc) is 3.26. The molecular weight excluding hydrogens is 446 g/mol. The van der Waals surface area contributed by atoms with Gasteiger partial charge in [-0.25, -0.2) is 4.98 Å². The minimum absolute atomic E-state index is 0.185. The maximum atomic E-state index is 12.9. The molecule has 4 aromatic carbocycles. The molecule has 0 saturated heterocycles. The molecule has 0 radical (unpaired) electrons. The smallest absolute Gasteiger partial charge is 0.261 e. The first-order valence-corrected chi connectivity index (χ1v) is 11.1. The van der Waals surface area contributed by atoms with E-state index in [1.807, 2.05) is 79.7 Å². The third-order valence-corrected chi connectivity index (χ3v) is 5.68. The summed E-state index contributed by atoms with van der Waals surface area (Å²) < 4.78 is 11.3. The molecule has 5 rings (SSSR count). The van der Waals surface area contributed by atoms with Crippen LogP contribution in [-0.4, -0.2) is 23.1 Å². The summed E-state index contributed by atoms with van der Waals surface area (Å²) in [6.07, 6.45) is 0. The van der Waals surface area contributed by atoms with E-state index in [1.165, 1.54) is 7.11 Å². The number of fused-ring (bicyclic) bond motifs is 2. The molecule has 6 nitrogen and oxygen atoms in total. The molecule has 1 aromatic heterocycles. The third kappa shape index (κ3) is 4.33. The highest BCUT2D eigenvalue weighted by atomic mass is 32.1. The molecule has 0 aliphatic heterocycles. The number of hydrogen-bond donors (Lipinski definition) is 2. The maximum Gasteiger partial charge on any atom is 0.261 e. The van der Waals surface area contributed by atoms with Gasteiger partial charge in [-0.05, 0) is 84.0 Å². The molecule has 0 bridgehead atoms. The SMILES string of the molecule is COc1cc2ccccc2cc1C(=O)NC(=S)Nc1ccc(-c2nc3cc(C)ccc3o2)cc1. The van der Waals surface area contributed by atoms with Crippen molar-refractivity contribution in [1.29, 1.82) is 0 Å². The first-order chi connectivity index (χ1) is 16.5. The third-order valence-electron chi connectivity index (χ3n) is 5.47. The Labute approximate surface area is 201 Å². The molecule has 34 heavy (non-hydrogen) atoms. The summed E-state index contributed by atoms with van der Waals surface area (Å²) in [6, 6.07) is 24.8. The Morgan fingerprint density at radius 3 is 2.44 bits per heavy atom. The lowest BCUT2D eigenvalue weighted by Crippen LogP contribution is -2.34. The molecule has 0 atom stereocenters. The summed E-state index contributed by atoms with van der Waals surface area (Å²) in [6.45, 7) is 2.02. The number of carbonyl (C=O) groups excluding carboxylic acids is 1. The molecule has 1 amide bonds. The van der Waals surface area contributed by atoms with Gasteiger partial charge in [-0.2, -0.15) is 0 Å². The number of hydrogen-bond acceptors (Lipinski definition) is 5. The monoisotopic (exact) mass is 467 g/mol. The van der Waals surface area contributed by atoms with E-state index in [1.54, 1.807) is 6.07 Å². The van der Waals surface area contributed by atoms with E-state index in [-0.39, 0.29) is 11.0 Å². The van der Waals surface area contributed by atoms with Crippen molar-refractivity contribution in [2.75, 3.05) is 12.4 Å². The zero-order valence-electron chi connectivity index (χ0n) is 18.6. The van der Waals surface area contributed by atoms with Crippen molar-refractivity contribution < 1.29 is 13.9 Å². The van der Waals surface area contributed by atoms with E-state index in [4.69, 9.17) is 21.4 Å². The molecule has 5 aromatic rings. The van der Waals surface area contributed by atoms with Crippen LogP contribution in [0.1, 0.15) is 15.9 Å². The standard InChI is InChI=1S/C27H21N3O3S/c1-16-7-12-23-22(13-16)29-26(33-23)17-8-10-20(11-9-17)28-27(34)30-25(31)21-14-18-5-3-4-6-19(18)15-24(21)32-2/h3-15H,1-2H3,(H2,28,30,31,34). The van der Waals surface area contributed by atoms with Crippen molar-refractivity contribution in [2.24, 2.45) is 0 Å². The summed E-state index contributed by atoms with van der Waals surface area (Å²) in [4.78, 5) is 17.4. The Morgan fingerprint density at radius 1 is 0.971 bits per heavy atom. The zero-order chi connectivity index (χ0) is 23.7. The number of amides is 1. The van der Waals surface area contributed by atoms with E-state index < -0.39 is 0 Å². The van der Waals surface area contributed by atoms with Gasteiger partial charge in [-0.3, -0.25) is 10.1 Å². The highest BCUT2D eigenvalue weighted by Crippen LogP contribution is 2.27. The van der Waals surface area contributed by atoms with Crippen molar-refractivity contribution in [2.45, 2.75) is 6.92 Å². The number of methoxy groups -OCH3 is 1. The number of oxazole rings is 1. The number of aryl methyl sites for hydroxylation is 1. The van der Waals surface area contributed by atoms with E-state index in [0.29, 0.717) is 17.2 Å². The summed E-state index contributed by atoms with van der Waals surface area (Å²) in [5, 5.41) is 7.88. The van der Waals surface area contributed by atoms with E-state index in [9.17, 15) is 4.79 Å². The summed E-state index contributed by atoms with van der Waals surface area (Å²) >= 11 is 5.35. The fraction of sp³-hybridized carbons (Fsp3) is 0.0741. The van der Waals surface area contributed by atoms with Gasteiger partial charge in [0, 0.05) is 11.3 Å². The minimum atomic E-state index is -0.349. The first kappa shape index (κ1) is 21.6. The summed E-state index contributed by atoms with van der Waals surface area (Å²) in [7, 11) is 1.54.